The van der Waals surface area contributed by atoms with Crippen LogP contribution < -0.4 is 5.32 Å². The highest BCUT2D eigenvalue weighted by Crippen LogP contribution is 2.23. The van der Waals surface area contributed by atoms with Crippen LogP contribution in [0.1, 0.15) is 45.5 Å². The zero-order valence-corrected chi connectivity index (χ0v) is 12.8. The fourth-order valence-corrected chi connectivity index (χ4v) is 2.44. The number of likely N-dealkylation sites (N-methyl/N-ethyl adjacent to an activating group) is 1. The van der Waals surface area contributed by atoms with Crippen molar-refractivity contribution in [3.05, 3.63) is 33.9 Å². The Morgan fingerprint density at radius 1 is 1.15 bits per heavy atom. The van der Waals surface area contributed by atoms with E-state index in [4.69, 9.17) is 5.11 Å². The van der Waals surface area contributed by atoms with Gasteiger partial charge in [0.2, 0.25) is 0 Å². The summed E-state index contributed by atoms with van der Waals surface area (Å²) in [5.41, 5.74) is 4.86. The van der Waals surface area contributed by atoms with Crippen LogP contribution in [0.25, 0.3) is 0 Å². The number of Topliss-reactive ketones (excluding diaryl/α,β-unsaturated/α-hetero) is 1. The topological polar surface area (TPSA) is 66.4 Å². The molecule has 0 radical (unpaired) electrons. The number of carboxylic acids is 1. The molecule has 0 saturated heterocycles. The third-order valence-electron chi connectivity index (χ3n) is 3.92. The number of ketones is 1. The molecule has 110 valence electrons. The van der Waals surface area contributed by atoms with Crippen LogP contribution in [-0.2, 0) is 4.79 Å². The largest absolute Gasteiger partial charge is 0.481 e. The molecule has 1 rings (SSSR count). The van der Waals surface area contributed by atoms with Crippen molar-refractivity contribution < 1.29 is 14.7 Å². The Balaban J connectivity index is 3.16. The summed E-state index contributed by atoms with van der Waals surface area (Å²) in [5.74, 6) is -0.900. The fourth-order valence-electron chi connectivity index (χ4n) is 2.44. The summed E-state index contributed by atoms with van der Waals surface area (Å²) >= 11 is 0. The van der Waals surface area contributed by atoms with E-state index < -0.39 is 12.0 Å². The van der Waals surface area contributed by atoms with Crippen LogP contribution in [0.2, 0.25) is 0 Å². The summed E-state index contributed by atoms with van der Waals surface area (Å²) in [7, 11) is 1.69. The predicted molar refractivity (Wildman–Crippen MR) is 79.4 cm³/mol. The SMILES string of the molecule is CNC(CCC(=O)O)C(=O)c1c(C)c(C)cc(C)c1C. The second-order valence-electron chi connectivity index (χ2n) is 5.27. The van der Waals surface area contributed by atoms with Gasteiger partial charge in [-0.25, -0.2) is 0 Å². The first-order valence-electron chi connectivity index (χ1n) is 6.80. The molecule has 4 heteroatoms. The zero-order chi connectivity index (χ0) is 15.4. The molecule has 1 atom stereocenters. The number of carboxylic acid groups (broad SMARTS) is 1. The van der Waals surface area contributed by atoms with E-state index in [1.54, 1.807) is 7.05 Å². The lowest BCUT2D eigenvalue weighted by Gasteiger charge is -2.19. The predicted octanol–water partition coefficient (Wildman–Crippen LogP) is 2.56. The minimum absolute atomic E-state index is 0.0138. The first kappa shape index (κ1) is 16.4. The number of hydrogen-bond donors (Lipinski definition) is 2. The zero-order valence-electron chi connectivity index (χ0n) is 12.8. The number of rotatable bonds is 6. The fraction of sp³-hybridized carbons (Fsp3) is 0.500. The molecule has 0 fully saturated rings. The number of nitrogens with one attached hydrogen (secondary N) is 1. The van der Waals surface area contributed by atoms with Gasteiger partial charge in [-0.05, 0) is 63.4 Å². The van der Waals surface area contributed by atoms with Crippen LogP contribution in [-0.4, -0.2) is 29.9 Å². The smallest absolute Gasteiger partial charge is 0.303 e. The van der Waals surface area contributed by atoms with Gasteiger partial charge >= 0.3 is 5.97 Å². The van der Waals surface area contributed by atoms with E-state index in [0.717, 1.165) is 27.8 Å². The lowest BCUT2D eigenvalue weighted by molar-refractivity contribution is -0.137. The van der Waals surface area contributed by atoms with Crippen molar-refractivity contribution in [1.29, 1.82) is 0 Å². The van der Waals surface area contributed by atoms with Crippen LogP contribution >= 0.6 is 0 Å². The summed E-state index contributed by atoms with van der Waals surface area (Å²) in [5, 5.41) is 11.7. The van der Waals surface area contributed by atoms with Crippen molar-refractivity contribution in [2.75, 3.05) is 7.05 Å². The van der Waals surface area contributed by atoms with E-state index in [1.165, 1.54) is 0 Å². The number of benzene rings is 1. The second kappa shape index (κ2) is 6.66. The molecular weight excluding hydrogens is 254 g/mol. The van der Waals surface area contributed by atoms with Crippen LogP contribution in [0.4, 0.5) is 0 Å². The van der Waals surface area contributed by atoms with E-state index in [1.807, 2.05) is 27.7 Å². The number of aryl methyl sites for hydroxylation is 2. The summed E-state index contributed by atoms with van der Waals surface area (Å²) in [6.07, 6.45) is 0.288. The molecule has 0 amide bonds. The van der Waals surface area contributed by atoms with Crippen LogP contribution in [0.3, 0.4) is 0 Å². The lowest BCUT2D eigenvalue weighted by atomic mass is 9.88. The normalized spacial score (nSPS) is 12.2. The average molecular weight is 277 g/mol. The molecule has 20 heavy (non-hydrogen) atoms. The first-order valence-corrected chi connectivity index (χ1v) is 6.80. The Morgan fingerprint density at radius 2 is 1.65 bits per heavy atom. The molecule has 0 aliphatic heterocycles. The van der Waals surface area contributed by atoms with Gasteiger partial charge in [0, 0.05) is 12.0 Å². The maximum atomic E-state index is 12.7. The van der Waals surface area contributed by atoms with Gasteiger partial charge in [-0.2, -0.15) is 0 Å². The molecule has 4 nitrogen and oxygen atoms in total. The Labute approximate surface area is 120 Å². The summed E-state index contributed by atoms with van der Waals surface area (Å²) in [6.45, 7) is 7.87. The molecule has 0 aliphatic rings. The molecule has 1 aromatic rings. The number of hydrogen-bond acceptors (Lipinski definition) is 3. The van der Waals surface area contributed by atoms with E-state index >= 15 is 0 Å². The van der Waals surface area contributed by atoms with Crippen molar-refractivity contribution in [1.82, 2.24) is 5.32 Å². The van der Waals surface area contributed by atoms with Crippen molar-refractivity contribution in [2.45, 2.75) is 46.6 Å². The van der Waals surface area contributed by atoms with E-state index in [9.17, 15) is 9.59 Å². The number of carbonyl (C=O) groups is 2. The van der Waals surface area contributed by atoms with Gasteiger partial charge in [0.05, 0.1) is 6.04 Å². The lowest BCUT2D eigenvalue weighted by Crippen LogP contribution is -2.35. The van der Waals surface area contributed by atoms with Crippen molar-refractivity contribution in [3.8, 4) is 0 Å². The molecule has 1 unspecified atom stereocenters. The van der Waals surface area contributed by atoms with Crippen LogP contribution in [0.5, 0.6) is 0 Å². The monoisotopic (exact) mass is 277 g/mol. The molecule has 0 bridgehead atoms. The highest BCUT2D eigenvalue weighted by Gasteiger charge is 2.23. The molecular formula is C16H23NO3. The average Bonchev–Trinajstić information content (AvgIpc) is 2.37. The number of carbonyl (C=O) groups excluding carboxylic acids is 1. The summed E-state index contributed by atoms with van der Waals surface area (Å²) < 4.78 is 0. The maximum Gasteiger partial charge on any atom is 0.303 e. The van der Waals surface area contributed by atoms with E-state index in [2.05, 4.69) is 11.4 Å². The molecule has 0 saturated carbocycles. The van der Waals surface area contributed by atoms with Gasteiger partial charge in [0.15, 0.2) is 5.78 Å². The Morgan fingerprint density at radius 3 is 2.05 bits per heavy atom. The quantitative estimate of drug-likeness (QED) is 0.784. The van der Waals surface area contributed by atoms with Crippen molar-refractivity contribution >= 4 is 11.8 Å². The standard InChI is InChI=1S/C16H23NO3/c1-9-8-10(2)12(4)15(11(9)3)16(20)13(17-5)6-7-14(18)19/h8,13,17H,6-7H2,1-5H3,(H,18,19). The molecule has 2 N–H and O–H groups in total. The molecule has 0 aliphatic carbocycles. The Bertz CT molecular complexity index is 509. The summed E-state index contributed by atoms with van der Waals surface area (Å²) in [6, 6.07) is 1.62. The first-order chi connectivity index (χ1) is 9.29. The Hall–Kier alpha value is -1.68. The van der Waals surface area contributed by atoms with Crippen LogP contribution in [0.15, 0.2) is 6.07 Å². The van der Waals surface area contributed by atoms with Gasteiger partial charge in [-0.1, -0.05) is 6.07 Å². The van der Waals surface area contributed by atoms with Gasteiger partial charge < -0.3 is 10.4 Å². The highest BCUT2D eigenvalue weighted by molar-refractivity contribution is 6.03. The van der Waals surface area contributed by atoms with Crippen LogP contribution in [0, 0.1) is 27.7 Å². The summed E-state index contributed by atoms with van der Waals surface area (Å²) in [4.78, 5) is 23.4. The minimum Gasteiger partial charge on any atom is -0.481 e. The molecule has 0 heterocycles. The van der Waals surface area contributed by atoms with E-state index in [0.29, 0.717) is 6.42 Å². The number of aliphatic carboxylic acids is 1. The van der Waals surface area contributed by atoms with Crippen molar-refractivity contribution in [2.24, 2.45) is 0 Å². The van der Waals surface area contributed by atoms with Gasteiger partial charge in [-0.15, -0.1) is 0 Å². The van der Waals surface area contributed by atoms with Gasteiger partial charge in [0.25, 0.3) is 0 Å². The minimum atomic E-state index is -0.882. The maximum absolute atomic E-state index is 12.7. The molecule has 0 aromatic heterocycles. The second-order valence-corrected chi connectivity index (χ2v) is 5.27. The molecule has 1 aromatic carbocycles. The molecule has 0 spiro atoms. The van der Waals surface area contributed by atoms with E-state index in [-0.39, 0.29) is 12.2 Å². The Kier molecular flexibility index (Phi) is 5.45. The third-order valence-corrected chi connectivity index (χ3v) is 3.92. The third kappa shape index (κ3) is 3.45. The van der Waals surface area contributed by atoms with Gasteiger partial charge in [0.1, 0.15) is 0 Å². The highest BCUT2D eigenvalue weighted by atomic mass is 16.4. The van der Waals surface area contributed by atoms with Crippen molar-refractivity contribution in [3.63, 3.8) is 0 Å². The van der Waals surface area contributed by atoms with Gasteiger partial charge in [-0.3, -0.25) is 9.59 Å².